The third-order valence-electron chi connectivity index (χ3n) is 6.23. The van der Waals surface area contributed by atoms with Crippen LogP contribution in [0.5, 0.6) is 0 Å². The Morgan fingerprint density at radius 2 is 1.77 bits per heavy atom. The minimum atomic E-state index is 0.654. The summed E-state index contributed by atoms with van der Waals surface area (Å²) in [5.74, 6) is 1.40. The van der Waals surface area contributed by atoms with Gasteiger partial charge in [-0.1, -0.05) is 63.1 Å². The van der Waals surface area contributed by atoms with E-state index < -0.39 is 0 Å². The minimum Gasteiger partial charge on any atom is -0.256 e. The van der Waals surface area contributed by atoms with Gasteiger partial charge >= 0.3 is 0 Å². The van der Waals surface area contributed by atoms with Crippen LogP contribution in [0.2, 0.25) is 0 Å². The van der Waals surface area contributed by atoms with Crippen LogP contribution < -0.4 is 0 Å². The molecule has 1 saturated carbocycles. The Kier molecular flexibility index (Phi) is 5.06. The summed E-state index contributed by atoms with van der Waals surface area (Å²) in [7, 11) is 0. The lowest BCUT2D eigenvalue weighted by atomic mass is 9.91. The first kappa shape index (κ1) is 17.3. The Labute approximate surface area is 157 Å². The van der Waals surface area contributed by atoms with Crippen LogP contribution in [0.1, 0.15) is 75.3 Å². The first-order valence-corrected chi connectivity index (χ1v) is 10.3. The Balaban J connectivity index is 1.76. The van der Waals surface area contributed by atoms with Crippen molar-refractivity contribution in [3.05, 3.63) is 65.9 Å². The maximum atomic E-state index is 4.76. The molecule has 0 aliphatic heterocycles. The highest BCUT2D eigenvalue weighted by atomic mass is 14.7. The van der Waals surface area contributed by atoms with Crippen molar-refractivity contribution in [1.82, 2.24) is 4.98 Å². The topological polar surface area (TPSA) is 12.9 Å². The maximum absolute atomic E-state index is 4.76. The van der Waals surface area contributed by atoms with Crippen molar-refractivity contribution in [2.45, 2.75) is 64.2 Å². The van der Waals surface area contributed by atoms with Crippen molar-refractivity contribution in [1.29, 1.82) is 0 Å². The Morgan fingerprint density at radius 3 is 2.54 bits per heavy atom. The van der Waals surface area contributed by atoms with E-state index in [0.29, 0.717) is 5.92 Å². The van der Waals surface area contributed by atoms with Crippen molar-refractivity contribution in [2.24, 2.45) is 0 Å². The smallest absolute Gasteiger partial charge is 0.0780 e. The quantitative estimate of drug-likeness (QED) is 0.468. The van der Waals surface area contributed by atoms with Gasteiger partial charge in [0.15, 0.2) is 0 Å². The molecule has 3 aromatic rings. The molecule has 26 heavy (non-hydrogen) atoms. The molecule has 0 radical (unpaired) electrons. The predicted octanol–water partition coefficient (Wildman–Crippen LogP) is 7.46. The van der Waals surface area contributed by atoms with E-state index in [4.69, 9.17) is 4.98 Å². The van der Waals surface area contributed by atoms with Gasteiger partial charge in [0.25, 0.3) is 0 Å². The molecule has 1 heterocycles. The summed E-state index contributed by atoms with van der Waals surface area (Å²) >= 11 is 0. The summed E-state index contributed by atoms with van der Waals surface area (Å²) in [6, 6.07) is 18.2. The number of rotatable bonds is 5. The molecule has 134 valence electrons. The van der Waals surface area contributed by atoms with E-state index in [0.717, 1.165) is 11.6 Å². The Morgan fingerprint density at radius 1 is 0.962 bits per heavy atom. The summed E-state index contributed by atoms with van der Waals surface area (Å²) in [6.07, 6.45) is 9.79. The van der Waals surface area contributed by atoms with Crippen LogP contribution in [-0.2, 0) is 0 Å². The van der Waals surface area contributed by atoms with Gasteiger partial charge in [-0.05, 0) is 66.2 Å². The number of fused-ring (bicyclic) bond motifs is 1. The average molecular weight is 344 g/mol. The summed E-state index contributed by atoms with van der Waals surface area (Å²) in [6.45, 7) is 4.57. The molecule has 4 rings (SSSR count). The van der Waals surface area contributed by atoms with Crippen LogP contribution in [0.25, 0.3) is 22.0 Å². The average Bonchev–Trinajstić information content (AvgIpc) is 3.23. The molecular formula is C25H29N. The lowest BCUT2D eigenvalue weighted by Gasteiger charge is -2.15. The lowest BCUT2D eigenvalue weighted by molar-refractivity contribution is 0.643. The fourth-order valence-electron chi connectivity index (χ4n) is 4.64. The van der Waals surface area contributed by atoms with Crippen LogP contribution in [0, 0.1) is 0 Å². The summed E-state index contributed by atoms with van der Waals surface area (Å²) in [5, 5.41) is 2.58. The van der Waals surface area contributed by atoms with E-state index in [1.807, 2.05) is 6.20 Å². The maximum Gasteiger partial charge on any atom is 0.0780 e. The van der Waals surface area contributed by atoms with E-state index >= 15 is 0 Å². The predicted molar refractivity (Wildman–Crippen MR) is 112 cm³/mol. The van der Waals surface area contributed by atoms with Gasteiger partial charge < -0.3 is 0 Å². The van der Waals surface area contributed by atoms with Crippen LogP contribution >= 0.6 is 0 Å². The second-order valence-corrected chi connectivity index (χ2v) is 7.76. The van der Waals surface area contributed by atoms with Crippen molar-refractivity contribution >= 4 is 10.8 Å². The Hall–Kier alpha value is -2.15. The standard InChI is InChI=1S/C25H29N/c1-3-18(4-2)21-12-13-24-22(16-21)14-15-26-25(24)23-11-7-10-20(17-23)19-8-5-6-9-19/h7,10-19H,3-6,8-9H2,1-2H3. The van der Waals surface area contributed by atoms with Crippen LogP contribution in [0.4, 0.5) is 0 Å². The zero-order valence-electron chi connectivity index (χ0n) is 16.0. The molecule has 0 spiro atoms. The van der Waals surface area contributed by atoms with Crippen LogP contribution in [0.3, 0.4) is 0 Å². The number of pyridine rings is 1. The van der Waals surface area contributed by atoms with E-state index in [-0.39, 0.29) is 0 Å². The van der Waals surface area contributed by atoms with Crippen molar-refractivity contribution < 1.29 is 0 Å². The van der Waals surface area contributed by atoms with Gasteiger partial charge in [0.05, 0.1) is 5.69 Å². The fourth-order valence-corrected chi connectivity index (χ4v) is 4.64. The van der Waals surface area contributed by atoms with Gasteiger partial charge in [0, 0.05) is 17.1 Å². The third-order valence-corrected chi connectivity index (χ3v) is 6.23. The number of hydrogen-bond acceptors (Lipinski definition) is 1. The zero-order chi connectivity index (χ0) is 17.9. The molecule has 0 saturated heterocycles. The van der Waals surface area contributed by atoms with E-state index in [1.165, 1.54) is 66.0 Å². The van der Waals surface area contributed by atoms with Gasteiger partial charge in [-0.3, -0.25) is 4.98 Å². The number of hydrogen-bond donors (Lipinski definition) is 0. The Bertz CT molecular complexity index is 886. The summed E-state index contributed by atoms with van der Waals surface area (Å²) < 4.78 is 0. The molecular weight excluding hydrogens is 314 g/mol. The first-order chi connectivity index (χ1) is 12.8. The molecule has 1 nitrogen and oxygen atoms in total. The third kappa shape index (κ3) is 3.28. The molecule has 0 amide bonds. The molecule has 1 aliphatic carbocycles. The van der Waals surface area contributed by atoms with Crippen molar-refractivity contribution in [3.63, 3.8) is 0 Å². The molecule has 2 aromatic carbocycles. The molecule has 1 heteroatoms. The van der Waals surface area contributed by atoms with Gasteiger partial charge in [-0.15, -0.1) is 0 Å². The highest BCUT2D eigenvalue weighted by Crippen LogP contribution is 2.37. The van der Waals surface area contributed by atoms with Gasteiger partial charge in [-0.25, -0.2) is 0 Å². The molecule has 0 N–H and O–H groups in total. The number of benzene rings is 2. The molecule has 1 aromatic heterocycles. The summed E-state index contributed by atoms with van der Waals surface area (Å²) in [5.41, 5.74) is 5.33. The van der Waals surface area contributed by atoms with Crippen molar-refractivity contribution in [2.75, 3.05) is 0 Å². The van der Waals surface area contributed by atoms with Gasteiger partial charge in [0.2, 0.25) is 0 Å². The second-order valence-electron chi connectivity index (χ2n) is 7.76. The van der Waals surface area contributed by atoms with E-state index in [1.54, 1.807) is 0 Å². The SMILES string of the molecule is CCC(CC)c1ccc2c(-c3cccc(C4CCCC4)c3)nccc2c1. The van der Waals surface area contributed by atoms with E-state index in [9.17, 15) is 0 Å². The molecule has 1 fully saturated rings. The van der Waals surface area contributed by atoms with Crippen LogP contribution in [0.15, 0.2) is 54.7 Å². The second kappa shape index (κ2) is 7.61. The lowest BCUT2D eigenvalue weighted by Crippen LogP contribution is -1.96. The first-order valence-electron chi connectivity index (χ1n) is 10.3. The highest BCUT2D eigenvalue weighted by Gasteiger charge is 2.18. The zero-order valence-corrected chi connectivity index (χ0v) is 16.0. The fraction of sp³-hybridized carbons (Fsp3) is 0.400. The number of aromatic nitrogens is 1. The molecule has 0 unspecified atom stereocenters. The monoisotopic (exact) mass is 343 g/mol. The van der Waals surface area contributed by atoms with Gasteiger partial charge in [-0.2, -0.15) is 0 Å². The van der Waals surface area contributed by atoms with Gasteiger partial charge in [0.1, 0.15) is 0 Å². The summed E-state index contributed by atoms with van der Waals surface area (Å²) in [4.78, 5) is 4.76. The number of nitrogens with zero attached hydrogens (tertiary/aromatic N) is 1. The molecule has 0 bridgehead atoms. The normalized spacial score (nSPS) is 15.2. The van der Waals surface area contributed by atoms with E-state index in [2.05, 4.69) is 62.4 Å². The minimum absolute atomic E-state index is 0.654. The largest absolute Gasteiger partial charge is 0.256 e. The van der Waals surface area contributed by atoms with Crippen molar-refractivity contribution in [3.8, 4) is 11.3 Å². The highest BCUT2D eigenvalue weighted by molar-refractivity contribution is 5.95. The molecule has 1 aliphatic rings. The van der Waals surface area contributed by atoms with Crippen LogP contribution in [-0.4, -0.2) is 4.98 Å². The molecule has 0 atom stereocenters.